The number of amides is 2. The predicted molar refractivity (Wildman–Crippen MR) is 88.8 cm³/mol. The number of halogens is 1. The molecule has 0 spiro atoms. The maximum atomic E-state index is 12.9. The van der Waals surface area contributed by atoms with Gasteiger partial charge in [-0.1, -0.05) is 12.1 Å². The fourth-order valence-electron chi connectivity index (χ4n) is 2.44. The van der Waals surface area contributed by atoms with Crippen LogP contribution in [0.2, 0.25) is 0 Å². The molecule has 2 amide bonds. The molecule has 1 heterocycles. The molecule has 7 heteroatoms. The van der Waals surface area contributed by atoms with Gasteiger partial charge in [-0.2, -0.15) is 0 Å². The highest BCUT2D eigenvalue weighted by Gasteiger charge is 2.20. The van der Waals surface area contributed by atoms with Crippen molar-refractivity contribution in [1.29, 1.82) is 0 Å². The molecule has 0 saturated carbocycles. The molecule has 1 N–H and O–H groups in total. The Bertz CT molecular complexity index is 792. The van der Waals surface area contributed by atoms with Gasteiger partial charge in [-0.05, 0) is 29.8 Å². The number of nitrogens with one attached hydrogen (secondary N) is 1. The molecule has 0 fully saturated rings. The maximum absolute atomic E-state index is 12.9. The van der Waals surface area contributed by atoms with Gasteiger partial charge in [0.2, 0.25) is 18.6 Å². The van der Waals surface area contributed by atoms with Gasteiger partial charge in [0.15, 0.2) is 11.5 Å². The van der Waals surface area contributed by atoms with E-state index in [4.69, 9.17) is 9.47 Å². The lowest BCUT2D eigenvalue weighted by Crippen LogP contribution is -2.39. The quantitative estimate of drug-likeness (QED) is 0.903. The minimum atomic E-state index is -0.333. The summed E-state index contributed by atoms with van der Waals surface area (Å²) in [5.41, 5.74) is 1.32. The van der Waals surface area contributed by atoms with Crippen molar-refractivity contribution >= 4 is 17.5 Å². The van der Waals surface area contributed by atoms with E-state index >= 15 is 0 Å². The van der Waals surface area contributed by atoms with Crippen LogP contribution in [0.15, 0.2) is 42.5 Å². The second-order valence-electron chi connectivity index (χ2n) is 5.55. The predicted octanol–water partition coefficient (Wildman–Crippen LogP) is 2.22. The van der Waals surface area contributed by atoms with E-state index in [9.17, 15) is 14.0 Å². The molecule has 0 aromatic heterocycles. The van der Waals surface area contributed by atoms with Crippen molar-refractivity contribution in [2.75, 3.05) is 18.2 Å². The van der Waals surface area contributed by atoms with Gasteiger partial charge in [-0.3, -0.25) is 9.59 Å². The number of hydrogen-bond donors (Lipinski definition) is 1. The number of anilines is 1. The normalized spacial score (nSPS) is 11.9. The Kier molecular flexibility index (Phi) is 4.83. The molecular weight excluding hydrogens is 327 g/mol. The minimum Gasteiger partial charge on any atom is -0.454 e. The number of fused-ring (bicyclic) bond motifs is 1. The Morgan fingerprint density at radius 1 is 1.12 bits per heavy atom. The molecule has 0 saturated heterocycles. The van der Waals surface area contributed by atoms with Gasteiger partial charge < -0.3 is 19.7 Å². The molecule has 0 radical (unpaired) electrons. The van der Waals surface area contributed by atoms with E-state index in [1.807, 2.05) is 0 Å². The average Bonchev–Trinajstić information content (AvgIpc) is 3.06. The monoisotopic (exact) mass is 344 g/mol. The van der Waals surface area contributed by atoms with Gasteiger partial charge in [0.1, 0.15) is 12.4 Å². The van der Waals surface area contributed by atoms with Crippen LogP contribution in [0.4, 0.5) is 10.1 Å². The summed E-state index contributed by atoms with van der Waals surface area (Å²) in [5, 5.41) is 2.71. The first-order valence-corrected chi connectivity index (χ1v) is 7.72. The third-order valence-corrected chi connectivity index (χ3v) is 3.75. The first kappa shape index (κ1) is 16.8. The Morgan fingerprint density at radius 2 is 1.84 bits per heavy atom. The van der Waals surface area contributed by atoms with Crippen molar-refractivity contribution in [2.24, 2.45) is 0 Å². The van der Waals surface area contributed by atoms with Crippen LogP contribution in [0.1, 0.15) is 12.5 Å². The summed E-state index contributed by atoms with van der Waals surface area (Å²) in [6, 6.07) is 10.9. The van der Waals surface area contributed by atoms with Gasteiger partial charge >= 0.3 is 0 Å². The zero-order chi connectivity index (χ0) is 17.8. The Balaban J connectivity index is 1.64. The van der Waals surface area contributed by atoms with Crippen molar-refractivity contribution in [1.82, 2.24) is 5.32 Å². The van der Waals surface area contributed by atoms with Crippen LogP contribution in [0.25, 0.3) is 0 Å². The number of ether oxygens (including phenoxy) is 2. The lowest BCUT2D eigenvalue weighted by atomic mass is 10.2. The van der Waals surface area contributed by atoms with Crippen LogP contribution >= 0.6 is 0 Å². The van der Waals surface area contributed by atoms with Crippen LogP contribution in [0, 0.1) is 5.82 Å². The molecule has 0 aliphatic carbocycles. The average molecular weight is 344 g/mol. The number of carbonyl (C=O) groups excluding carboxylic acids is 2. The third kappa shape index (κ3) is 4.06. The van der Waals surface area contributed by atoms with E-state index in [0.717, 1.165) is 5.56 Å². The second-order valence-corrected chi connectivity index (χ2v) is 5.55. The number of hydrogen-bond acceptors (Lipinski definition) is 4. The van der Waals surface area contributed by atoms with Crippen LogP contribution < -0.4 is 19.7 Å². The van der Waals surface area contributed by atoms with E-state index in [2.05, 4.69) is 5.32 Å². The number of carbonyl (C=O) groups is 2. The lowest BCUT2D eigenvalue weighted by molar-refractivity contribution is -0.123. The van der Waals surface area contributed by atoms with E-state index < -0.39 is 0 Å². The molecular formula is C18H17FN2O4. The zero-order valence-electron chi connectivity index (χ0n) is 13.6. The molecule has 2 aromatic rings. The zero-order valence-corrected chi connectivity index (χ0v) is 13.6. The van der Waals surface area contributed by atoms with Gasteiger partial charge in [0.25, 0.3) is 0 Å². The summed E-state index contributed by atoms with van der Waals surface area (Å²) in [6.07, 6.45) is 0. The minimum absolute atomic E-state index is 0.129. The van der Waals surface area contributed by atoms with Crippen molar-refractivity contribution in [3.63, 3.8) is 0 Å². The highest BCUT2D eigenvalue weighted by atomic mass is 19.1. The Labute approximate surface area is 144 Å². The number of benzene rings is 2. The van der Waals surface area contributed by atoms with Crippen molar-refractivity contribution in [3.8, 4) is 11.5 Å². The summed E-state index contributed by atoms with van der Waals surface area (Å²) in [4.78, 5) is 25.4. The van der Waals surface area contributed by atoms with Crippen molar-refractivity contribution in [2.45, 2.75) is 13.5 Å². The van der Waals surface area contributed by atoms with Crippen LogP contribution in [-0.2, 0) is 16.1 Å². The molecule has 25 heavy (non-hydrogen) atoms. The standard InChI is InChI=1S/C18H17FN2O4/c1-12(22)21(15-6-7-16-17(8-15)25-11-24-16)10-18(23)20-9-13-2-4-14(19)5-3-13/h2-8H,9-11H2,1H3,(H,20,23). The van der Waals surface area contributed by atoms with E-state index in [1.165, 1.54) is 24.0 Å². The molecule has 0 atom stereocenters. The fraction of sp³-hybridized carbons (Fsp3) is 0.222. The first-order chi connectivity index (χ1) is 12.0. The lowest BCUT2D eigenvalue weighted by Gasteiger charge is -2.21. The highest BCUT2D eigenvalue weighted by Crippen LogP contribution is 2.35. The van der Waals surface area contributed by atoms with Gasteiger partial charge in [0, 0.05) is 25.2 Å². The molecule has 0 bridgehead atoms. The smallest absolute Gasteiger partial charge is 0.240 e. The van der Waals surface area contributed by atoms with Crippen LogP contribution in [-0.4, -0.2) is 25.2 Å². The van der Waals surface area contributed by atoms with Crippen molar-refractivity contribution in [3.05, 3.63) is 53.8 Å². The van der Waals surface area contributed by atoms with E-state index in [1.54, 1.807) is 30.3 Å². The molecule has 2 aromatic carbocycles. The molecule has 3 rings (SSSR count). The topological polar surface area (TPSA) is 67.9 Å². The summed E-state index contributed by atoms with van der Waals surface area (Å²) in [6.45, 7) is 1.65. The Morgan fingerprint density at radius 3 is 2.56 bits per heavy atom. The van der Waals surface area contributed by atoms with E-state index in [-0.39, 0.29) is 37.5 Å². The molecule has 6 nitrogen and oxygen atoms in total. The maximum Gasteiger partial charge on any atom is 0.240 e. The van der Waals surface area contributed by atoms with Gasteiger partial charge in [-0.25, -0.2) is 4.39 Å². The van der Waals surface area contributed by atoms with Gasteiger partial charge in [-0.15, -0.1) is 0 Å². The SMILES string of the molecule is CC(=O)N(CC(=O)NCc1ccc(F)cc1)c1ccc2c(c1)OCO2. The van der Waals surface area contributed by atoms with Gasteiger partial charge in [0.05, 0.1) is 0 Å². The first-order valence-electron chi connectivity index (χ1n) is 7.72. The summed E-state index contributed by atoms with van der Waals surface area (Å²) >= 11 is 0. The highest BCUT2D eigenvalue weighted by molar-refractivity contribution is 5.97. The second kappa shape index (κ2) is 7.21. The van der Waals surface area contributed by atoms with E-state index in [0.29, 0.717) is 17.2 Å². The third-order valence-electron chi connectivity index (χ3n) is 3.75. The fourth-order valence-corrected chi connectivity index (χ4v) is 2.44. The van der Waals surface area contributed by atoms with Crippen LogP contribution in [0.5, 0.6) is 11.5 Å². The largest absolute Gasteiger partial charge is 0.454 e. The molecule has 1 aliphatic heterocycles. The Hall–Kier alpha value is -3.09. The molecule has 0 unspecified atom stereocenters. The molecule has 1 aliphatic rings. The summed E-state index contributed by atoms with van der Waals surface area (Å²) in [5.74, 6) is 0.220. The molecule has 130 valence electrons. The van der Waals surface area contributed by atoms with Crippen molar-refractivity contribution < 1.29 is 23.5 Å². The summed E-state index contributed by atoms with van der Waals surface area (Å²) in [7, 11) is 0. The summed E-state index contributed by atoms with van der Waals surface area (Å²) < 4.78 is 23.4. The number of rotatable bonds is 5. The van der Waals surface area contributed by atoms with Crippen LogP contribution in [0.3, 0.4) is 0 Å². The number of nitrogens with zero attached hydrogens (tertiary/aromatic N) is 1.